The molecule has 4 nitrogen and oxygen atoms in total. The number of phenols is 1. The Hall–Kier alpha value is -2.67. The Kier molecular flexibility index (Phi) is 4.11. The first kappa shape index (κ1) is 13.8. The molecule has 0 saturated heterocycles. The number of amides is 1. The van der Waals surface area contributed by atoms with Gasteiger partial charge in [0.15, 0.2) is 6.10 Å². The number of ether oxygens (including phenoxy) is 1. The van der Waals surface area contributed by atoms with Gasteiger partial charge < -0.3 is 15.2 Å². The number of fused-ring (bicyclic) bond motifs is 1. The van der Waals surface area contributed by atoms with E-state index in [9.17, 15) is 9.90 Å². The smallest absolute Gasteiger partial charge is 0.261 e. The number of benzene rings is 2. The summed E-state index contributed by atoms with van der Waals surface area (Å²) in [5.41, 5.74) is 0. The zero-order valence-electron chi connectivity index (χ0n) is 11.1. The predicted octanol–water partition coefficient (Wildman–Crippen LogP) is 2.06. The molecule has 2 rings (SSSR count). The van der Waals surface area contributed by atoms with Crippen molar-refractivity contribution in [2.75, 3.05) is 6.54 Å². The van der Waals surface area contributed by atoms with Gasteiger partial charge in [0.1, 0.15) is 11.5 Å². The Morgan fingerprint density at radius 2 is 2.10 bits per heavy atom. The Labute approximate surface area is 117 Å². The number of carbonyl (C=O) groups is 1. The number of nitrogens with one attached hydrogen (secondary N) is 1. The Morgan fingerprint density at radius 3 is 2.85 bits per heavy atom. The molecule has 1 unspecified atom stereocenters. The lowest BCUT2D eigenvalue weighted by Crippen LogP contribution is -2.36. The molecule has 2 N–H and O–H groups in total. The summed E-state index contributed by atoms with van der Waals surface area (Å²) < 4.78 is 5.56. The van der Waals surface area contributed by atoms with E-state index in [0.29, 0.717) is 5.75 Å². The van der Waals surface area contributed by atoms with Gasteiger partial charge in [-0.2, -0.15) is 0 Å². The van der Waals surface area contributed by atoms with Crippen molar-refractivity contribution < 1.29 is 14.6 Å². The van der Waals surface area contributed by atoms with Crippen molar-refractivity contribution in [1.29, 1.82) is 0 Å². The topological polar surface area (TPSA) is 58.6 Å². The Balaban J connectivity index is 2.13. The molecule has 0 spiro atoms. The second-order valence-corrected chi connectivity index (χ2v) is 4.38. The maximum Gasteiger partial charge on any atom is 0.261 e. The van der Waals surface area contributed by atoms with E-state index >= 15 is 0 Å². The van der Waals surface area contributed by atoms with Gasteiger partial charge in [0.25, 0.3) is 5.91 Å². The minimum atomic E-state index is -0.641. The van der Waals surface area contributed by atoms with Gasteiger partial charge >= 0.3 is 0 Å². The molecular formula is C16H15NO3. The zero-order chi connectivity index (χ0) is 14.5. The number of terminal acetylenes is 1. The summed E-state index contributed by atoms with van der Waals surface area (Å²) in [5, 5.41) is 13.9. The number of aromatic hydroxyl groups is 1. The van der Waals surface area contributed by atoms with Crippen LogP contribution in [0.1, 0.15) is 6.92 Å². The van der Waals surface area contributed by atoms with Gasteiger partial charge in [-0.3, -0.25) is 4.79 Å². The van der Waals surface area contributed by atoms with Crippen LogP contribution in [0, 0.1) is 12.3 Å². The fraction of sp³-hybridized carbons (Fsp3) is 0.188. The molecule has 1 atom stereocenters. The first-order chi connectivity index (χ1) is 9.60. The molecule has 0 radical (unpaired) electrons. The van der Waals surface area contributed by atoms with Crippen LogP contribution in [0.2, 0.25) is 0 Å². The summed E-state index contributed by atoms with van der Waals surface area (Å²) in [6.45, 7) is 1.83. The number of rotatable bonds is 4. The van der Waals surface area contributed by atoms with Gasteiger partial charge in [-0.25, -0.2) is 0 Å². The molecule has 2 aromatic carbocycles. The van der Waals surface area contributed by atoms with Crippen LogP contribution in [0.15, 0.2) is 36.4 Å². The van der Waals surface area contributed by atoms with Crippen LogP contribution in [0.25, 0.3) is 10.8 Å². The second-order valence-electron chi connectivity index (χ2n) is 4.38. The highest BCUT2D eigenvalue weighted by Gasteiger charge is 2.13. The van der Waals surface area contributed by atoms with Crippen molar-refractivity contribution in [3.8, 4) is 23.8 Å². The van der Waals surface area contributed by atoms with Gasteiger partial charge in [-0.05, 0) is 42.0 Å². The van der Waals surface area contributed by atoms with Gasteiger partial charge in [0.05, 0.1) is 6.54 Å². The summed E-state index contributed by atoms with van der Waals surface area (Å²) in [6.07, 6.45) is 4.44. The summed E-state index contributed by atoms with van der Waals surface area (Å²) in [5.74, 6) is 2.82. The van der Waals surface area contributed by atoms with E-state index in [1.54, 1.807) is 31.2 Å². The van der Waals surface area contributed by atoms with E-state index in [1.165, 1.54) is 0 Å². The third-order valence-electron chi connectivity index (χ3n) is 2.84. The molecule has 0 aliphatic heterocycles. The number of hydrogen-bond acceptors (Lipinski definition) is 3. The molecule has 1 amide bonds. The van der Waals surface area contributed by atoms with E-state index in [-0.39, 0.29) is 18.2 Å². The van der Waals surface area contributed by atoms with E-state index < -0.39 is 6.10 Å². The van der Waals surface area contributed by atoms with E-state index in [2.05, 4.69) is 11.2 Å². The molecule has 4 heteroatoms. The van der Waals surface area contributed by atoms with E-state index in [0.717, 1.165) is 10.8 Å². The van der Waals surface area contributed by atoms with Crippen LogP contribution >= 0.6 is 0 Å². The van der Waals surface area contributed by atoms with Gasteiger partial charge in [-0.1, -0.05) is 18.1 Å². The quantitative estimate of drug-likeness (QED) is 0.835. The summed E-state index contributed by atoms with van der Waals surface area (Å²) >= 11 is 0. The SMILES string of the molecule is C#CCNC(=O)C(C)Oc1ccc2ccc(O)cc2c1. The normalized spacial score (nSPS) is 11.6. The van der Waals surface area contributed by atoms with E-state index in [4.69, 9.17) is 11.2 Å². The second kappa shape index (κ2) is 5.98. The molecule has 0 aliphatic rings. The molecule has 0 aliphatic carbocycles. The Morgan fingerprint density at radius 1 is 1.35 bits per heavy atom. The third-order valence-corrected chi connectivity index (χ3v) is 2.84. The van der Waals surface area contributed by atoms with Gasteiger partial charge in [0.2, 0.25) is 0 Å². The highest BCUT2D eigenvalue weighted by molar-refractivity contribution is 5.85. The minimum Gasteiger partial charge on any atom is -0.508 e. The molecule has 0 fully saturated rings. The summed E-state index contributed by atoms with van der Waals surface area (Å²) in [4.78, 5) is 11.7. The minimum absolute atomic E-state index is 0.179. The molecule has 0 saturated carbocycles. The molecule has 20 heavy (non-hydrogen) atoms. The van der Waals surface area contributed by atoms with Crippen LogP contribution in [-0.4, -0.2) is 23.7 Å². The van der Waals surface area contributed by atoms with E-state index in [1.807, 2.05) is 12.1 Å². The predicted molar refractivity (Wildman–Crippen MR) is 77.5 cm³/mol. The van der Waals surface area contributed by atoms with Crippen molar-refractivity contribution in [3.63, 3.8) is 0 Å². The lowest BCUT2D eigenvalue weighted by Gasteiger charge is -2.14. The summed E-state index contributed by atoms with van der Waals surface area (Å²) in [6, 6.07) is 10.5. The number of hydrogen-bond donors (Lipinski definition) is 2. The lowest BCUT2D eigenvalue weighted by atomic mass is 10.1. The third kappa shape index (κ3) is 3.21. The molecule has 0 heterocycles. The maximum atomic E-state index is 11.7. The first-order valence-electron chi connectivity index (χ1n) is 6.21. The van der Waals surface area contributed by atoms with Crippen molar-refractivity contribution in [2.24, 2.45) is 0 Å². The standard InChI is InChI=1S/C16H15NO3/c1-3-8-17-16(19)11(2)20-15-7-5-12-4-6-14(18)9-13(12)10-15/h1,4-7,9-11,18H,8H2,2H3,(H,17,19). The van der Waals surface area contributed by atoms with Crippen LogP contribution in [0.4, 0.5) is 0 Å². The summed E-state index contributed by atoms with van der Waals surface area (Å²) in [7, 11) is 0. The maximum absolute atomic E-state index is 11.7. The zero-order valence-corrected chi connectivity index (χ0v) is 11.1. The average Bonchev–Trinajstić information content (AvgIpc) is 2.44. The molecule has 0 bridgehead atoms. The molecule has 0 aromatic heterocycles. The lowest BCUT2D eigenvalue weighted by molar-refractivity contribution is -0.126. The van der Waals surface area contributed by atoms with Gasteiger partial charge in [-0.15, -0.1) is 6.42 Å². The average molecular weight is 269 g/mol. The number of carbonyl (C=O) groups excluding carboxylic acids is 1. The molecule has 102 valence electrons. The van der Waals surface area contributed by atoms with Crippen molar-refractivity contribution in [3.05, 3.63) is 36.4 Å². The Bertz CT molecular complexity index is 673. The highest BCUT2D eigenvalue weighted by atomic mass is 16.5. The van der Waals surface area contributed by atoms with Crippen LogP contribution < -0.4 is 10.1 Å². The van der Waals surface area contributed by atoms with Crippen molar-refractivity contribution >= 4 is 16.7 Å². The fourth-order valence-electron chi connectivity index (χ4n) is 1.83. The first-order valence-corrected chi connectivity index (χ1v) is 6.21. The van der Waals surface area contributed by atoms with Crippen LogP contribution in [0.3, 0.4) is 0 Å². The van der Waals surface area contributed by atoms with Crippen molar-refractivity contribution in [2.45, 2.75) is 13.0 Å². The van der Waals surface area contributed by atoms with Crippen LogP contribution in [-0.2, 0) is 4.79 Å². The van der Waals surface area contributed by atoms with Gasteiger partial charge in [0, 0.05) is 0 Å². The largest absolute Gasteiger partial charge is 0.508 e. The van der Waals surface area contributed by atoms with Crippen LogP contribution in [0.5, 0.6) is 11.5 Å². The molecule has 2 aromatic rings. The molecular weight excluding hydrogens is 254 g/mol. The van der Waals surface area contributed by atoms with Crippen molar-refractivity contribution in [1.82, 2.24) is 5.32 Å². The highest BCUT2D eigenvalue weighted by Crippen LogP contribution is 2.24. The monoisotopic (exact) mass is 269 g/mol. The number of phenolic OH excluding ortho intramolecular Hbond substituents is 1. The fourth-order valence-corrected chi connectivity index (χ4v) is 1.83.